The van der Waals surface area contributed by atoms with E-state index < -0.39 is 0 Å². The molecule has 1 atom stereocenters. The standard InChI is InChI=1S/C31H59NO6/c1-28(2)26-37-30(33)21-19-17-15-13-11-9-7-5-6-8-10-12-14-16-18-20-29(3)27-38-31(34)32-22-23-36-25-24-35-4/h5,7,28-29H,6,8-27H2,1-4H3,(H,32,34)/b7-5-. The number of alkyl carbamates (subject to hydrolysis) is 1. The number of nitrogens with one attached hydrogen (secondary N) is 1. The van der Waals surface area contributed by atoms with Gasteiger partial charge in [0.2, 0.25) is 0 Å². The lowest BCUT2D eigenvalue weighted by atomic mass is 10.0. The number of methoxy groups -OCH3 is 1. The lowest BCUT2D eigenvalue weighted by Gasteiger charge is -2.12. The Bertz CT molecular complexity index is 567. The predicted molar refractivity (Wildman–Crippen MR) is 155 cm³/mol. The van der Waals surface area contributed by atoms with Gasteiger partial charge in [-0.15, -0.1) is 0 Å². The van der Waals surface area contributed by atoms with Gasteiger partial charge < -0.3 is 24.3 Å². The molecule has 0 radical (unpaired) electrons. The summed E-state index contributed by atoms with van der Waals surface area (Å²) >= 11 is 0. The van der Waals surface area contributed by atoms with E-state index in [0.717, 1.165) is 19.3 Å². The van der Waals surface area contributed by atoms with Crippen molar-refractivity contribution in [2.45, 2.75) is 117 Å². The number of unbranched alkanes of at least 4 members (excludes halogenated alkanes) is 11. The second kappa shape index (κ2) is 28.4. The average molecular weight is 542 g/mol. The Morgan fingerprint density at radius 1 is 0.711 bits per heavy atom. The Morgan fingerprint density at radius 2 is 1.32 bits per heavy atom. The number of amides is 1. The van der Waals surface area contributed by atoms with E-state index in [0.29, 0.717) is 57.8 Å². The summed E-state index contributed by atoms with van der Waals surface area (Å²) in [5.41, 5.74) is 0. The van der Waals surface area contributed by atoms with Crippen LogP contribution in [0.3, 0.4) is 0 Å². The predicted octanol–water partition coefficient (Wildman–Crippen LogP) is 7.62. The van der Waals surface area contributed by atoms with Gasteiger partial charge in [0.05, 0.1) is 33.0 Å². The Kier molecular flexibility index (Phi) is 27.2. The van der Waals surface area contributed by atoms with Gasteiger partial charge in [-0.05, 0) is 50.4 Å². The molecule has 0 aromatic rings. The van der Waals surface area contributed by atoms with Gasteiger partial charge in [-0.3, -0.25) is 4.79 Å². The van der Waals surface area contributed by atoms with Crippen LogP contribution in [-0.2, 0) is 23.7 Å². The first-order chi connectivity index (χ1) is 18.5. The number of carbonyl (C=O) groups excluding carboxylic acids is 2. The molecule has 0 aliphatic rings. The van der Waals surface area contributed by atoms with Crippen molar-refractivity contribution in [3.63, 3.8) is 0 Å². The molecule has 0 aromatic carbocycles. The van der Waals surface area contributed by atoms with Crippen molar-refractivity contribution in [2.24, 2.45) is 11.8 Å². The fourth-order valence-electron chi connectivity index (χ4n) is 3.91. The number of rotatable bonds is 27. The molecule has 1 amide bonds. The van der Waals surface area contributed by atoms with Gasteiger partial charge in [-0.2, -0.15) is 0 Å². The van der Waals surface area contributed by atoms with Gasteiger partial charge in [-0.1, -0.05) is 84.3 Å². The van der Waals surface area contributed by atoms with Crippen molar-refractivity contribution in [1.29, 1.82) is 0 Å². The number of carbonyl (C=O) groups is 2. The van der Waals surface area contributed by atoms with E-state index in [1.54, 1.807) is 7.11 Å². The zero-order valence-electron chi connectivity index (χ0n) is 25.1. The molecule has 0 bridgehead atoms. The Morgan fingerprint density at radius 3 is 1.95 bits per heavy atom. The summed E-state index contributed by atoms with van der Waals surface area (Å²) in [4.78, 5) is 23.2. The maximum absolute atomic E-state index is 11.7. The van der Waals surface area contributed by atoms with Crippen molar-refractivity contribution in [3.05, 3.63) is 12.2 Å². The third-order valence-corrected chi connectivity index (χ3v) is 6.26. The smallest absolute Gasteiger partial charge is 0.407 e. The highest BCUT2D eigenvalue weighted by Crippen LogP contribution is 2.14. The Hall–Kier alpha value is -1.60. The fourth-order valence-corrected chi connectivity index (χ4v) is 3.91. The zero-order valence-corrected chi connectivity index (χ0v) is 25.1. The van der Waals surface area contributed by atoms with E-state index in [9.17, 15) is 9.59 Å². The maximum atomic E-state index is 11.7. The largest absolute Gasteiger partial charge is 0.465 e. The molecule has 1 N–H and O–H groups in total. The lowest BCUT2D eigenvalue weighted by molar-refractivity contribution is -0.144. The van der Waals surface area contributed by atoms with E-state index in [-0.39, 0.29) is 12.1 Å². The van der Waals surface area contributed by atoms with Crippen LogP contribution < -0.4 is 5.32 Å². The summed E-state index contributed by atoms with van der Waals surface area (Å²) in [6.07, 6.45) is 21.7. The van der Waals surface area contributed by atoms with E-state index in [1.165, 1.54) is 70.6 Å². The molecule has 0 aliphatic carbocycles. The zero-order chi connectivity index (χ0) is 28.1. The van der Waals surface area contributed by atoms with Gasteiger partial charge in [-0.25, -0.2) is 4.79 Å². The number of esters is 1. The van der Waals surface area contributed by atoms with E-state index in [4.69, 9.17) is 18.9 Å². The molecule has 1 unspecified atom stereocenters. The summed E-state index contributed by atoms with van der Waals surface area (Å²) in [6.45, 7) is 9.27. The quantitative estimate of drug-likeness (QED) is 0.0654. The Labute approximate surface area is 233 Å². The van der Waals surface area contributed by atoms with Crippen LogP contribution in [0.1, 0.15) is 117 Å². The average Bonchev–Trinajstić information content (AvgIpc) is 2.89. The molecule has 0 saturated heterocycles. The first-order valence-corrected chi connectivity index (χ1v) is 15.2. The summed E-state index contributed by atoms with van der Waals surface area (Å²) in [5.74, 6) is 0.759. The maximum Gasteiger partial charge on any atom is 0.407 e. The van der Waals surface area contributed by atoms with E-state index >= 15 is 0 Å². The van der Waals surface area contributed by atoms with E-state index in [2.05, 4.69) is 38.2 Å². The SMILES string of the molecule is COCCOCCNC(=O)OCC(C)CCCCCCCC/C=C\CCCCCCCC(=O)OCC(C)C. The van der Waals surface area contributed by atoms with Gasteiger partial charge in [0.25, 0.3) is 0 Å². The van der Waals surface area contributed by atoms with Crippen molar-refractivity contribution in [3.8, 4) is 0 Å². The lowest BCUT2D eigenvalue weighted by Crippen LogP contribution is -2.29. The highest BCUT2D eigenvalue weighted by molar-refractivity contribution is 5.69. The minimum Gasteiger partial charge on any atom is -0.465 e. The van der Waals surface area contributed by atoms with Crippen LogP contribution in [-0.4, -0.2) is 58.8 Å². The minimum absolute atomic E-state index is 0.0446. The van der Waals surface area contributed by atoms with Crippen LogP contribution in [0.15, 0.2) is 12.2 Å². The molecule has 7 heteroatoms. The highest BCUT2D eigenvalue weighted by Gasteiger charge is 2.07. The van der Waals surface area contributed by atoms with Crippen LogP contribution >= 0.6 is 0 Å². The summed E-state index contributed by atoms with van der Waals surface area (Å²) < 4.78 is 20.7. The highest BCUT2D eigenvalue weighted by atomic mass is 16.6. The minimum atomic E-state index is -0.367. The molecule has 0 heterocycles. The summed E-state index contributed by atoms with van der Waals surface area (Å²) in [7, 11) is 1.63. The van der Waals surface area contributed by atoms with Crippen LogP contribution in [0.4, 0.5) is 4.79 Å². The van der Waals surface area contributed by atoms with Gasteiger partial charge in [0.1, 0.15) is 0 Å². The molecule has 0 aliphatic heterocycles. The molecule has 0 saturated carbocycles. The molecular formula is C31H59NO6. The number of hydrogen-bond donors (Lipinski definition) is 1. The second-order valence-electron chi connectivity index (χ2n) is 10.8. The number of allylic oxidation sites excluding steroid dienone is 2. The molecule has 7 nitrogen and oxygen atoms in total. The summed E-state index contributed by atoms with van der Waals surface area (Å²) in [6, 6.07) is 0. The number of ether oxygens (including phenoxy) is 4. The fraction of sp³-hybridized carbons (Fsp3) is 0.871. The van der Waals surface area contributed by atoms with Crippen LogP contribution in [0.2, 0.25) is 0 Å². The summed E-state index contributed by atoms with van der Waals surface area (Å²) in [5, 5.41) is 2.70. The van der Waals surface area contributed by atoms with E-state index in [1.807, 2.05) is 0 Å². The van der Waals surface area contributed by atoms with Crippen LogP contribution in [0.25, 0.3) is 0 Å². The van der Waals surface area contributed by atoms with Gasteiger partial charge in [0, 0.05) is 20.1 Å². The van der Waals surface area contributed by atoms with Crippen molar-refractivity contribution in [1.82, 2.24) is 5.32 Å². The molecule has 0 spiro atoms. The van der Waals surface area contributed by atoms with Crippen LogP contribution in [0, 0.1) is 11.8 Å². The monoisotopic (exact) mass is 541 g/mol. The third kappa shape index (κ3) is 29.0. The molecule has 0 rings (SSSR count). The molecule has 38 heavy (non-hydrogen) atoms. The Balaban J connectivity index is 3.34. The van der Waals surface area contributed by atoms with Gasteiger partial charge >= 0.3 is 12.1 Å². The van der Waals surface area contributed by atoms with Crippen LogP contribution in [0.5, 0.6) is 0 Å². The first kappa shape index (κ1) is 36.4. The third-order valence-electron chi connectivity index (χ3n) is 6.26. The normalized spacial score (nSPS) is 12.2. The number of hydrogen-bond acceptors (Lipinski definition) is 6. The van der Waals surface area contributed by atoms with Crippen molar-refractivity contribution >= 4 is 12.1 Å². The molecule has 0 aromatic heterocycles. The molecular weight excluding hydrogens is 482 g/mol. The molecule has 0 fully saturated rings. The van der Waals surface area contributed by atoms with Crippen molar-refractivity contribution in [2.75, 3.05) is 46.7 Å². The van der Waals surface area contributed by atoms with Gasteiger partial charge in [0.15, 0.2) is 0 Å². The first-order valence-electron chi connectivity index (χ1n) is 15.2. The topological polar surface area (TPSA) is 83.1 Å². The second-order valence-corrected chi connectivity index (χ2v) is 10.8. The molecule has 224 valence electrons. The van der Waals surface area contributed by atoms with Crippen molar-refractivity contribution < 1.29 is 28.5 Å².